The molecule has 0 aromatic heterocycles. The van der Waals surface area contributed by atoms with Gasteiger partial charge in [0.05, 0.1) is 5.60 Å². The molecule has 1 nitrogen and oxygen atoms in total. The second kappa shape index (κ2) is 8.86. The van der Waals surface area contributed by atoms with Gasteiger partial charge >= 0.3 is 0 Å². The first-order chi connectivity index (χ1) is 12.1. The first kappa shape index (κ1) is 19.2. The predicted molar refractivity (Wildman–Crippen MR) is 110 cm³/mol. The van der Waals surface area contributed by atoms with E-state index < -0.39 is 5.60 Å². The monoisotopic (exact) mass is 404 g/mol. The number of unbranched alkanes of at least 4 members (excludes halogenated alkanes) is 2. The zero-order chi connectivity index (χ0) is 17.7. The van der Waals surface area contributed by atoms with E-state index in [-0.39, 0.29) is 0 Å². The third kappa shape index (κ3) is 4.98. The van der Waals surface area contributed by atoms with Crippen molar-refractivity contribution >= 4 is 15.9 Å². The van der Waals surface area contributed by atoms with Gasteiger partial charge in [-0.15, -0.1) is 0 Å². The number of aliphatic hydroxyl groups is 1. The van der Waals surface area contributed by atoms with E-state index in [1.165, 1.54) is 51.4 Å². The molecule has 1 N–H and O–H groups in total. The third-order valence-corrected chi connectivity index (χ3v) is 7.03. The summed E-state index contributed by atoms with van der Waals surface area (Å²) >= 11 is 3.48. The highest BCUT2D eigenvalue weighted by molar-refractivity contribution is 9.10. The van der Waals surface area contributed by atoms with Crippen molar-refractivity contribution in [1.82, 2.24) is 0 Å². The molecule has 1 aromatic carbocycles. The van der Waals surface area contributed by atoms with Crippen LogP contribution in [0.15, 0.2) is 40.4 Å². The summed E-state index contributed by atoms with van der Waals surface area (Å²) < 4.78 is 1.07. The van der Waals surface area contributed by atoms with Crippen LogP contribution in [0, 0.1) is 11.8 Å². The molecule has 0 saturated heterocycles. The first-order valence-electron chi connectivity index (χ1n) is 10.3. The molecule has 1 unspecified atom stereocenters. The summed E-state index contributed by atoms with van der Waals surface area (Å²) in [6.07, 6.45) is 16.3. The molecule has 1 fully saturated rings. The second-order valence-corrected chi connectivity index (χ2v) is 9.15. The molecule has 1 aromatic rings. The molecule has 0 amide bonds. The molecule has 138 valence electrons. The highest BCUT2D eigenvalue weighted by Crippen LogP contribution is 2.43. The standard InChI is InChI=1S/C23H33BrO/c1-2-3-4-5-18-6-8-19(9-7-18)20-14-16-23(25,17-15-20)21-10-12-22(24)13-11-21/h10-14,18-19,25H,2-9,15-17H2,1H3/t18-,19-,23?. The molecule has 2 aliphatic rings. The van der Waals surface area contributed by atoms with Crippen LogP contribution in [0.2, 0.25) is 0 Å². The van der Waals surface area contributed by atoms with Gasteiger partial charge in [0.1, 0.15) is 0 Å². The van der Waals surface area contributed by atoms with Gasteiger partial charge in [-0.3, -0.25) is 0 Å². The van der Waals surface area contributed by atoms with E-state index in [4.69, 9.17) is 0 Å². The lowest BCUT2D eigenvalue weighted by Gasteiger charge is -2.36. The maximum absolute atomic E-state index is 11.1. The van der Waals surface area contributed by atoms with E-state index in [0.29, 0.717) is 0 Å². The number of rotatable bonds is 6. The lowest BCUT2D eigenvalue weighted by molar-refractivity contribution is 0.0241. The van der Waals surface area contributed by atoms with Crippen LogP contribution in [-0.4, -0.2) is 5.11 Å². The zero-order valence-electron chi connectivity index (χ0n) is 15.6. The number of hydrogen-bond acceptors (Lipinski definition) is 1. The fraction of sp³-hybridized carbons (Fsp3) is 0.652. The van der Waals surface area contributed by atoms with Gasteiger partial charge in [-0.25, -0.2) is 0 Å². The Morgan fingerprint density at radius 1 is 1.08 bits per heavy atom. The SMILES string of the molecule is CCCCC[C@H]1CC[C@H](C2=CCC(O)(c3ccc(Br)cc3)CC2)CC1. The molecule has 0 spiro atoms. The van der Waals surface area contributed by atoms with E-state index >= 15 is 0 Å². The Bertz CT molecular complexity index is 568. The van der Waals surface area contributed by atoms with Gasteiger partial charge < -0.3 is 5.11 Å². The van der Waals surface area contributed by atoms with Crippen LogP contribution in [0.4, 0.5) is 0 Å². The van der Waals surface area contributed by atoms with Crippen LogP contribution in [0.5, 0.6) is 0 Å². The van der Waals surface area contributed by atoms with Gasteiger partial charge in [0.25, 0.3) is 0 Å². The normalized spacial score (nSPS) is 30.1. The van der Waals surface area contributed by atoms with E-state index in [1.54, 1.807) is 5.57 Å². The van der Waals surface area contributed by atoms with E-state index in [2.05, 4.69) is 41.1 Å². The molecule has 0 heterocycles. The summed E-state index contributed by atoms with van der Waals surface area (Å²) in [5, 5.41) is 11.1. The molecule has 0 radical (unpaired) electrons. The Labute approximate surface area is 162 Å². The van der Waals surface area contributed by atoms with Gasteiger partial charge in [-0.05, 0) is 74.5 Å². The molecule has 2 aliphatic carbocycles. The van der Waals surface area contributed by atoms with Gasteiger partial charge in [0.2, 0.25) is 0 Å². The average Bonchev–Trinajstić information content (AvgIpc) is 2.64. The molecule has 0 bridgehead atoms. The van der Waals surface area contributed by atoms with E-state index in [0.717, 1.165) is 41.1 Å². The molecule has 1 saturated carbocycles. The molecule has 0 aliphatic heterocycles. The van der Waals surface area contributed by atoms with Crippen molar-refractivity contribution in [3.8, 4) is 0 Å². The number of benzene rings is 1. The van der Waals surface area contributed by atoms with Crippen molar-refractivity contribution in [1.29, 1.82) is 0 Å². The quantitative estimate of drug-likeness (QED) is 0.394. The molecule has 1 atom stereocenters. The Morgan fingerprint density at radius 2 is 1.80 bits per heavy atom. The molecular weight excluding hydrogens is 372 g/mol. The summed E-state index contributed by atoms with van der Waals surface area (Å²) in [6, 6.07) is 8.19. The van der Waals surface area contributed by atoms with Crippen LogP contribution in [-0.2, 0) is 5.60 Å². The number of hydrogen-bond donors (Lipinski definition) is 1. The van der Waals surface area contributed by atoms with Crippen LogP contribution in [0.1, 0.15) is 83.1 Å². The lowest BCUT2D eigenvalue weighted by atomic mass is 9.71. The van der Waals surface area contributed by atoms with Crippen LogP contribution >= 0.6 is 15.9 Å². The van der Waals surface area contributed by atoms with Crippen LogP contribution in [0.25, 0.3) is 0 Å². The maximum Gasteiger partial charge on any atom is 0.0933 e. The Kier molecular flexibility index (Phi) is 6.79. The Balaban J connectivity index is 1.52. The van der Waals surface area contributed by atoms with Crippen molar-refractivity contribution < 1.29 is 5.11 Å². The molecule has 3 rings (SSSR count). The molecular formula is C23H33BrO. The predicted octanol–water partition coefficient (Wildman–Crippen LogP) is 7.13. The summed E-state index contributed by atoms with van der Waals surface area (Å²) in [5.41, 5.74) is 2.03. The van der Waals surface area contributed by atoms with Gasteiger partial charge in [0, 0.05) is 4.47 Å². The van der Waals surface area contributed by atoms with Gasteiger partial charge in [-0.1, -0.05) is 72.3 Å². The van der Waals surface area contributed by atoms with Crippen molar-refractivity contribution in [2.45, 2.75) is 83.2 Å². The minimum absolute atomic E-state index is 0.665. The first-order valence-corrected chi connectivity index (χ1v) is 11.1. The van der Waals surface area contributed by atoms with Crippen LogP contribution < -0.4 is 0 Å². The topological polar surface area (TPSA) is 20.2 Å². The summed E-state index contributed by atoms with van der Waals surface area (Å²) in [5.74, 6) is 1.77. The van der Waals surface area contributed by atoms with Crippen molar-refractivity contribution in [3.63, 3.8) is 0 Å². The molecule has 2 heteroatoms. The fourth-order valence-electron chi connectivity index (χ4n) is 4.75. The molecule has 25 heavy (non-hydrogen) atoms. The largest absolute Gasteiger partial charge is 0.385 e. The number of halogens is 1. The van der Waals surface area contributed by atoms with E-state index in [1.807, 2.05) is 12.1 Å². The minimum atomic E-state index is -0.665. The Hall–Kier alpha value is -0.600. The van der Waals surface area contributed by atoms with Crippen molar-refractivity contribution in [2.75, 3.05) is 0 Å². The summed E-state index contributed by atoms with van der Waals surface area (Å²) in [6.45, 7) is 2.29. The average molecular weight is 405 g/mol. The third-order valence-electron chi connectivity index (χ3n) is 6.50. The smallest absolute Gasteiger partial charge is 0.0933 e. The highest BCUT2D eigenvalue weighted by Gasteiger charge is 2.33. The zero-order valence-corrected chi connectivity index (χ0v) is 17.2. The number of allylic oxidation sites excluding steroid dienone is 1. The van der Waals surface area contributed by atoms with Crippen molar-refractivity contribution in [2.24, 2.45) is 11.8 Å². The van der Waals surface area contributed by atoms with E-state index in [9.17, 15) is 5.11 Å². The van der Waals surface area contributed by atoms with Crippen molar-refractivity contribution in [3.05, 3.63) is 46.0 Å². The summed E-state index contributed by atoms with van der Waals surface area (Å²) in [4.78, 5) is 0. The summed E-state index contributed by atoms with van der Waals surface area (Å²) in [7, 11) is 0. The lowest BCUT2D eigenvalue weighted by Crippen LogP contribution is -2.29. The fourth-order valence-corrected chi connectivity index (χ4v) is 5.02. The highest BCUT2D eigenvalue weighted by atomic mass is 79.9. The van der Waals surface area contributed by atoms with Gasteiger partial charge in [0.15, 0.2) is 0 Å². The Morgan fingerprint density at radius 3 is 2.40 bits per heavy atom. The van der Waals surface area contributed by atoms with Crippen LogP contribution in [0.3, 0.4) is 0 Å². The maximum atomic E-state index is 11.1. The van der Waals surface area contributed by atoms with Gasteiger partial charge in [-0.2, -0.15) is 0 Å². The second-order valence-electron chi connectivity index (χ2n) is 8.24. The minimum Gasteiger partial charge on any atom is -0.385 e.